The number of carbonyl (C=O) groups excluding carboxylic acids is 1. The van der Waals surface area contributed by atoms with E-state index in [1.165, 1.54) is 6.07 Å². The summed E-state index contributed by atoms with van der Waals surface area (Å²) in [7, 11) is 0. The molecular weight excluding hydrogens is 303 g/mol. The molecule has 24 heavy (non-hydrogen) atoms. The molecule has 3 nitrogen and oxygen atoms in total. The molecule has 0 radical (unpaired) electrons. The molecule has 1 aliphatic rings. The molecule has 0 spiro atoms. The van der Waals surface area contributed by atoms with Crippen LogP contribution in [0.25, 0.3) is 0 Å². The van der Waals surface area contributed by atoms with Gasteiger partial charge >= 0.3 is 0 Å². The molecular formula is C20H23FN2O. The van der Waals surface area contributed by atoms with Gasteiger partial charge in [-0.3, -0.25) is 4.79 Å². The van der Waals surface area contributed by atoms with Gasteiger partial charge in [0, 0.05) is 24.3 Å². The number of benzene rings is 2. The number of aryl methyl sites for hydroxylation is 1. The van der Waals surface area contributed by atoms with Crippen LogP contribution in [0.1, 0.15) is 34.3 Å². The molecule has 2 aromatic rings. The van der Waals surface area contributed by atoms with Gasteiger partial charge in [-0.15, -0.1) is 0 Å². The normalized spacial score (nSPS) is 15.5. The maximum atomic E-state index is 13.3. The molecule has 0 atom stereocenters. The van der Waals surface area contributed by atoms with Crippen molar-refractivity contribution < 1.29 is 9.18 Å². The minimum atomic E-state index is -0.183. The molecule has 2 N–H and O–H groups in total. The van der Waals surface area contributed by atoms with E-state index in [1.807, 2.05) is 30.0 Å². The van der Waals surface area contributed by atoms with Crippen molar-refractivity contribution in [3.63, 3.8) is 0 Å². The second-order valence-corrected chi connectivity index (χ2v) is 6.64. The van der Waals surface area contributed by atoms with Gasteiger partial charge in [0.05, 0.1) is 0 Å². The molecule has 1 aliphatic heterocycles. The fraction of sp³-hybridized carbons (Fsp3) is 0.350. The summed E-state index contributed by atoms with van der Waals surface area (Å²) in [6.45, 7) is 3.42. The van der Waals surface area contributed by atoms with E-state index in [0.29, 0.717) is 17.2 Å². The molecule has 1 saturated heterocycles. The minimum Gasteiger partial charge on any atom is -0.399 e. The van der Waals surface area contributed by atoms with Gasteiger partial charge in [0.15, 0.2) is 0 Å². The van der Waals surface area contributed by atoms with Crippen molar-refractivity contribution >= 4 is 11.6 Å². The first kappa shape index (κ1) is 16.5. The molecule has 1 amide bonds. The molecule has 1 fully saturated rings. The van der Waals surface area contributed by atoms with Crippen molar-refractivity contribution in [3.8, 4) is 0 Å². The van der Waals surface area contributed by atoms with E-state index in [4.69, 9.17) is 5.73 Å². The van der Waals surface area contributed by atoms with Crippen molar-refractivity contribution in [3.05, 3.63) is 65.0 Å². The first-order chi connectivity index (χ1) is 11.5. The number of nitrogens with two attached hydrogens (primary N) is 1. The number of hydrogen-bond donors (Lipinski definition) is 1. The Morgan fingerprint density at radius 1 is 1.21 bits per heavy atom. The van der Waals surface area contributed by atoms with Crippen molar-refractivity contribution in [1.29, 1.82) is 0 Å². The average Bonchev–Trinajstić information content (AvgIpc) is 2.57. The van der Waals surface area contributed by atoms with Crippen LogP contribution in [0.2, 0.25) is 0 Å². The zero-order chi connectivity index (χ0) is 17.1. The van der Waals surface area contributed by atoms with Crippen LogP contribution < -0.4 is 5.73 Å². The van der Waals surface area contributed by atoms with E-state index in [2.05, 4.69) is 0 Å². The Labute approximate surface area is 142 Å². The van der Waals surface area contributed by atoms with Gasteiger partial charge in [0.2, 0.25) is 0 Å². The second kappa shape index (κ2) is 7.04. The quantitative estimate of drug-likeness (QED) is 0.872. The molecule has 1 heterocycles. The van der Waals surface area contributed by atoms with Crippen LogP contribution in [0.3, 0.4) is 0 Å². The largest absolute Gasteiger partial charge is 0.399 e. The van der Waals surface area contributed by atoms with E-state index < -0.39 is 0 Å². The number of likely N-dealkylation sites (tertiary alicyclic amines) is 1. The number of nitrogen functional groups attached to an aromatic ring is 1. The van der Waals surface area contributed by atoms with Crippen LogP contribution in [0.15, 0.2) is 42.5 Å². The van der Waals surface area contributed by atoms with E-state index in [1.54, 1.807) is 18.2 Å². The van der Waals surface area contributed by atoms with E-state index in [0.717, 1.165) is 43.5 Å². The first-order valence-electron chi connectivity index (χ1n) is 8.43. The zero-order valence-electron chi connectivity index (χ0n) is 14.0. The van der Waals surface area contributed by atoms with Crippen molar-refractivity contribution in [2.75, 3.05) is 18.8 Å². The minimum absolute atomic E-state index is 0.0593. The standard InChI is InChI=1S/C20H23FN2O/c1-14-5-6-18(22)13-19(14)20(24)23-9-7-15(8-10-23)11-16-3-2-4-17(21)12-16/h2-6,12-13,15H,7-11,22H2,1H3. The lowest BCUT2D eigenvalue weighted by molar-refractivity contribution is 0.0690. The summed E-state index contributed by atoms with van der Waals surface area (Å²) in [5.74, 6) is 0.374. The Bertz CT molecular complexity index is 736. The summed E-state index contributed by atoms with van der Waals surface area (Å²) in [6, 6.07) is 12.3. The molecule has 4 heteroatoms. The van der Waals surface area contributed by atoms with Gasteiger partial charge in [-0.05, 0) is 67.5 Å². The van der Waals surface area contributed by atoms with Crippen LogP contribution in [-0.2, 0) is 6.42 Å². The maximum Gasteiger partial charge on any atom is 0.254 e. The fourth-order valence-corrected chi connectivity index (χ4v) is 3.38. The highest BCUT2D eigenvalue weighted by Crippen LogP contribution is 2.24. The number of hydrogen-bond acceptors (Lipinski definition) is 2. The fourth-order valence-electron chi connectivity index (χ4n) is 3.38. The third kappa shape index (κ3) is 3.75. The lowest BCUT2D eigenvalue weighted by Gasteiger charge is -2.32. The Morgan fingerprint density at radius 2 is 1.96 bits per heavy atom. The number of halogens is 1. The molecule has 0 unspecified atom stereocenters. The van der Waals surface area contributed by atoms with Gasteiger partial charge in [-0.1, -0.05) is 18.2 Å². The third-order valence-corrected chi connectivity index (χ3v) is 4.81. The lowest BCUT2D eigenvalue weighted by atomic mass is 9.90. The second-order valence-electron chi connectivity index (χ2n) is 6.64. The van der Waals surface area contributed by atoms with E-state index >= 15 is 0 Å². The summed E-state index contributed by atoms with van der Waals surface area (Å²) in [6.07, 6.45) is 2.77. The maximum absolute atomic E-state index is 13.3. The number of rotatable bonds is 3. The van der Waals surface area contributed by atoms with Crippen LogP contribution in [0.5, 0.6) is 0 Å². The van der Waals surface area contributed by atoms with Crippen molar-refractivity contribution in [2.24, 2.45) is 5.92 Å². The summed E-state index contributed by atoms with van der Waals surface area (Å²) in [4.78, 5) is 14.6. The highest BCUT2D eigenvalue weighted by Gasteiger charge is 2.24. The Hall–Kier alpha value is -2.36. The molecule has 0 saturated carbocycles. The molecule has 0 aliphatic carbocycles. The van der Waals surface area contributed by atoms with Crippen LogP contribution >= 0.6 is 0 Å². The Balaban J connectivity index is 1.60. The van der Waals surface area contributed by atoms with Gasteiger partial charge in [0.1, 0.15) is 5.82 Å². The molecule has 126 valence electrons. The first-order valence-corrected chi connectivity index (χ1v) is 8.43. The van der Waals surface area contributed by atoms with E-state index in [-0.39, 0.29) is 11.7 Å². The summed E-state index contributed by atoms with van der Waals surface area (Å²) in [5, 5.41) is 0. The third-order valence-electron chi connectivity index (χ3n) is 4.81. The highest BCUT2D eigenvalue weighted by atomic mass is 19.1. The Morgan fingerprint density at radius 3 is 2.67 bits per heavy atom. The number of carbonyl (C=O) groups is 1. The molecule has 0 bridgehead atoms. The lowest BCUT2D eigenvalue weighted by Crippen LogP contribution is -2.39. The monoisotopic (exact) mass is 326 g/mol. The van der Waals surface area contributed by atoms with E-state index in [9.17, 15) is 9.18 Å². The number of anilines is 1. The van der Waals surface area contributed by atoms with Gasteiger partial charge < -0.3 is 10.6 Å². The predicted molar refractivity (Wildman–Crippen MR) is 94.3 cm³/mol. The average molecular weight is 326 g/mol. The highest BCUT2D eigenvalue weighted by molar-refractivity contribution is 5.96. The van der Waals surface area contributed by atoms with Gasteiger partial charge in [0.25, 0.3) is 5.91 Å². The smallest absolute Gasteiger partial charge is 0.254 e. The van der Waals surface area contributed by atoms with Crippen molar-refractivity contribution in [2.45, 2.75) is 26.2 Å². The number of piperidine rings is 1. The predicted octanol–water partition coefficient (Wildman–Crippen LogP) is 3.81. The number of amides is 1. The van der Waals surface area contributed by atoms with Crippen LogP contribution in [0.4, 0.5) is 10.1 Å². The van der Waals surface area contributed by atoms with Gasteiger partial charge in [-0.25, -0.2) is 4.39 Å². The van der Waals surface area contributed by atoms with Crippen LogP contribution in [0, 0.1) is 18.7 Å². The van der Waals surface area contributed by atoms with Gasteiger partial charge in [-0.2, -0.15) is 0 Å². The number of nitrogens with zero attached hydrogens (tertiary/aromatic N) is 1. The summed E-state index contributed by atoms with van der Waals surface area (Å²) in [5.41, 5.74) is 9.11. The Kier molecular flexibility index (Phi) is 4.84. The van der Waals surface area contributed by atoms with Crippen LogP contribution in [-0.4, -0.2) is 23.9 Å². The molecule has 2 aromatic carbocycles. The SMILES string of the molecule is Cc1ccc(N)cc1C(=O)N1CCC(Cc2cccc(F)c2)CC1. The zero-order valence-corrected chi connectivity index (χ0v) is 14.0. The molecule has 0 aromatic heterocycles. The topological polar surface area (TPSA) is 46.3 Å². The summed E-state index contributed by atoms with van der Waals surface area (Å²) >= 11 is 0. The van der Waals surface area contributed by atoms with Crippen molar-refractivity contribution in [1.82, 2.24) is 4.90 Å². The molecule has 3 rings (SSSR count). The summed E-state index contributed by atoms with van der Waals surface area (Å²) < 4.78 is 13.3.